The van der Waals surface area contributed by atoms with Gasteiger partial charge in [-0.3, -0.25) is 4.79 Å². The van der Waals surface area contributed by atoms with Crippen LogP contribution < -0.4 is 20.1 Å². The molecule has 0 radical (unpaired) electrons. The molecule has 0 aliphatic rings. The third kappa shape index (κ3) is 4.45. The van der Waals surface area contributed by atoms with E-state index in [-0.39, 0.29) is 5.69 Å². The van der Waals surface area contributed by atoms with Crippen LogP contribution in [0.5, 0.6) is 11.5 Å². The fraction of sp³-hybridized carbons (Fsp3) is 0.105. The highest BCUT2D eigenvalue weighted by molar-refractivity contribution is 6.32. The van der Waals surface area contributed by atoms with E-state index in [1.165, 1.54) is 14.2 Å². The minimum atomic E-state index is -0.434. The van der Waals surface area contributed by atoms with E-state index >= 15 is 0 Å². The van der Waals surface area contributed by atoms with Gasteiger partial charge < -0.3 is 20.1 Å². The van der Waals surface area contributed by atoms with Crippen LogP contribution in [-0.2, 0) is 0 Å². The zero-order valence-corrected chi connectivity index (χ0v) is 15.4. The fourth-order valence-corrected chi connectivity index (χ4v) is 2.56. The Morgan fingerprint density at radius 1 is 0.963 bits per heavy atom. The summed E-state index contributed by atoms with van der Waals surface area (Å²) in [6, 6.07) is 15.9. The Morgan fingerprint density at radius 3 is 2.33 bits per heavy atom. The molecule has 2 N–H and O–H groups in total. The summed E-state index contributed by atoms with van der Waals surface area (Å²) in [6.07, 6.45) is 0. The second-order valence-electron chi connectivity index (χ2n) is 5.44. The van der Waals surface area contributed by atoms with Crippen LogP contribution in [0.4, 0.5) is 17.2 Å². The van der Waals surface area contributed by atoms with Crippen LogP contribution in [0.3, 0.4) is 0 Å². The highest BCUT2D eigenvalue weighted by Gasteiger charge is 2.15. The summed E-state index contributed by atoms with van der Waals surface area (Å²) in [4.78, 5) is 12.5. The maximum absolute atomic E-state index is 12.5. The van der Waals surface area contributed by atoms with Gasteiger partial charge >= 0.3 is 0 Å². The van der Waals surface area contributed by atoms with E-state index in [4.69, 9.17) is 21.1 Å². The van der Waals surface area contributed by atoms with E-state index in [1.54, 1.807) is 24.3 Å². The molecule has 3 aromatic rings. The van der Waals surface area contributed by atoms with Crippen LogP contribution in [0, 0.1) is 0 Å². The van der Waals surface area contributed by atoms with Crippen LogP contribution in [0.15, 0.2) is 54.6 Å². The standard InChI is InChI=1S/C19H17ClN4O3/c1-26-16-11-15(17(27-2)10-13(16)20)22-19(25)14-8-9-18(24-23-14)21-12-6-4-3-5-7-12/h3-11H,1-2H3,(H,21,24)(H,22,25). The number of rotatable bonds is 6. The SMILES string of the molecule is COc1cc(NC(=O)c2ccc(Nc3ccccc3)nn2)c(OC)cc1Cl. The average Bonchev–Trinajstić information content (AvgIpc) is 2.70. The number of methoxy groups -OCH3 is 2. The number of carbonyl (C=O) groups excluding carboxylic acids is 1. The molecule has 2 aromatic carbocycles. The molecule has 138 valence electrons. The van der Waals surface area contributed by atoms with Crippen molar-refractivity contribution in [2.75, 3.05) is 24.9 Å². The van der Waals surface area contributed by atoms with Gasteiger partial charge in [0.05, 0.1) is 24.9 Å². The van der Waals surface area contributed by atoms with E-state index < -0.39 is 5.91 Å². The number of anilines is 3. The molecule has 8 heteroatoms. The average molecular weight is 385 g/mol. The molecule has 0 aliphatic carbocycles. The molecule has 3 rings (SSSR count). The predicted molar refractivity (Wildman–Crippen MR) is 104 cm³/mol. The van der Waals surface area contributed by atoms with Crippen molar-refractivity contribution in [2.45, 2.75) is 0 Å². The van der Waals surface area contributed by atoms with Gasteiger partial charge in [-0.25, -0.2) is 0 Å². The molecule has 1 heterocycles. The van der Waals surface area contributed by atoms with Crippen LogP contribution in [0.25, 0.3) is 0 Å². The van der Waals surface area contributed by atoms with E-state index in [0.717, 1.165) is 5.69 Å². The Labute approximate surface area is 161 Å². The highest BCUT2D eigenvalue weighted by atomic mass is 35.5. The van der Waals surface area contributed by atoms with Crippen molar-refractivity contribution in [3.63, 3.8) is 0 Å². The first kappa shape index (κ1) is 18.5. The second kappa shape index (κ2) is 8.37. The van der Waals surface area contributed by atoms with Crippen LogP contribution in [0.2, 0.25) is 5.02 Å². The molecule has 1 amide bonds. The van der Waals surface area contributed by atoms with Crippen molar-refractivity contribution < 1.29 is 14.3 Å². The molecule has 0 fully saturated rings. The van der Waals surface area contributed by atoms with Gasteiger partial charge in [-0.1, -0.05) is 29.8 Å². The molecule has 0 bridgehead atoms. The quantitative estimate of drug-likeness (QED) is 0.664. The molecule has 0 saturated heterocycles. The third-order valence-electron chi connectivity index (χ3n) is 3.67. The first-order valence-corrected chi connectivity index (χ1v) is 8.37. The Balaban J connectivity index is 1.75. The summed E-state index contributed by atoms with van der Waals surface area (Å²) in [5.74, 6) is 0.922. The van der Waals surface area contributed by atoms with Crippen molar-refractivity contribution >= 4 is 34.7 Å². The minimum Gasteiger partial charge on any atom is -0.495 e. The van der Waals surface area contributed by atoms with Crippen LogP contribution in [-0.4, -0.2) is 30.3 Å². The minimum absolute atomic E-state index is 0.157. The second-order valence-corrected chi connectivity index (χ2v) is 5.84. The largest absolute Gasteiger partial charge is 0.495 e. The van der Waals surface area contributed by atoms with Crippen molar-refractivity contribution in [2.24, 2.45) is 0 Å². The summed E-state index contributed by atoms with van der Waals surface area (Å²) in [5, 5.41) is 14.2. The summed E-state index contributed by atoms with van der Waals surface area (Å²) < 4.78 is 10.4. The van der Waals surface area contributed by atoms with E-state index in [1.807, 2.05) is 30.3 Å². The third-order valence-corrected chi connectivity index (χ3v) is 3.96. The van der Waals surface area contributed by atoms with Gasteiger partial charge in [-0.2, -0.15) is 0 Å². The van der Waals surface area contributed by atoms with Crippen molar-refractivity contribution in [1.29, 1.82) is 0 Å². The Hall–Kier alpha value is -3.32. The maximum Gasteiger partial charge on any atom is 0.276 e. The van der Waals surface area contributed by atoms with E-state index in [0.29, 0.717) is 28.0 Å². The fourth-order valence-electron chi connectivity index (χ4n) is 2.33. The monoisotopic (exact) mass is 384 g/mol. The molecular formula is C19H17ClN4O3. The lowest BCUT2D eigenvalue weighted by Crippen LogP contribution is -2.15. The number of benzene rings is 2. The number of halogens is 1. The maximum atomic E-state index is 12.5. The van der Waals surface area contributed by atoms with Crippen LogP contribution in [0.1, 0.15) is 10.5 Å². The van der Waals surface area contributed by atoms with Crippen molar-refractivity contribution in [1.82, 2.24) is 10.2 Å². The van der Waals surface area contributed by atoms with Gasteiger partial charge in [0.25, 0.3) is 5.91 Å². The molecule has 1 aromatic heterocycles. The molecular weight excluding hydrogens is 368 g/mol. The van der Waals surface area contributed by atoms with Gasteiger partial charge in [-0.05, 0) is 24.3 Å². The predicted octanol–water partition coefficient (Wildman–Crippen LogP) is 4.14. The molecule has 0 aliphatic heterocycles. The van der Waals surface area contributed by atoms with Gasteiger partial charge in [0.2, 0.25) is 0 Å². The van der Waals surface area contributed by atoms with Crippen molar-refractivity contribution in [3.8, 4) is 11.5 Å². The number of para-hydroxylation sites is 1. The zero-order chi connectivity index (χ0) is 19.2. The smallest absolute Gasteiger partial charge is 0.276 e. The Kier molecular flexibility index (Phi) is 5.73. The first-order valence-electron chi connectivity index (χ1n) is 7.99. The van der Waals surface area contributed by atoms with Gasteiger partial charge in [0, 0.05) is 17.8 Å². The Bertz CT molecular complexity index is 934. The van der Waals surface area contributed by atoms with Crippen molar-refractivity contribution in [3.05, 3.63) is 65.3 Å². The number of nitrogens with zero attached hydrogens (tertiary/aromatic N) is 2. The summed E-state index contributed by atoms with van der Waals surface area (Å²) >= 11 is 6.07. The lowest BCUT2D eigenvalue weighted by Gasteiger charge is -2.13. The summed E-state index contributed by atoms with van der Waals surface area (Å²) in [6.45, 7) is 0. The molecule has 0 saturated carbocycles. The zero-order valence-electron chi connectivity index (χ0n) is 14.7. The lowest BCUT2D eigenvalue weighted by molar-refractivity contribution is 0.102. The summed E-state index contributed by atoms with van der Waals surface area (Å²) in [7, 11) is 2.97. The number of hydrogen-bond donors (Lipinski definition) is 2. The van der Waals surface area contributed by atoms with Gasteiger partial charge in [-0.15, -0.1) is 10.2 Å². The molecule has 0 unspecified atom stereocenters. The first-order chi connectivity index (χ1) is 13.1. The number of hydrogen-bond acceptors (Lipinski definition) is 6. The molecule has 0 spiro atoms. The normalized spacial score (nSPS) is 10.2. The Morgan fingerprint density at radius 2 is 1.70 bits per heavy atom. The number of carbonyl (C=O) groups is 1. The number of amides is 1. The topological polar surface area (TPSA) is 85.4 Å². The summed E-state index contributed by atoms with van der Waals surface area (Å²) in [5.41, 5.74) is 1.45. The highest BCUT2D eigenvalue weighted by Crippen LogP contribution is 2.36. The number of nitrogens with one attached hydrogen (secondary N) is 2. The number of aromatic nitrogens is 2. The molecule has 0 atom stereocenters. The van der Waals surface area contributed by atoms with E-state index in [2.05, 4.69) is 20.8 Å². The molecule has 7 nitrogen and oxygen atoms in total. The van der Waals surface area contributed by atoms with E-state index in [9.17, 15) is 4.79 Å². The molecule has 27 heavy (non-hydrogen) atoms. The van der Waals surface area contributed by atoms with Gasteiger partial charge in [0.1, 0.15) is 11.5 Å². The van der Waals surface area contributed by atoms with Crippen LogP contribution >= 0.6 is 11.6 Å². The number of ether oxygens (including phenoxy) is 2. The van der Waals surface area contributed by atoms with Gasteiger partial charge in [0.15, 0.2) is 11.5 Å². The lowest BCUT2D eigenvalue weighted by atomic mass is 10.2.